The highest BCUT2D eigenvalue weighted by molar-refractivity contribution is 7.80. The molecule has 1 rings (SSSR count). The number of hydrogen-bond donors (Lipinski definition) is 2. The van der Waals surface area contributed by atoms with E-state index >= 15 is 0 Å². The van der Waals surface area contributed by atoms with Crippen LogP contribution in [0.5, 0.6) is 0 Å². The topological polar surface area (TPSA) is 36.5 Å². The Hall–Kier alpha value is -0.390. The van der Waals surface area contributed by atoms with E-state index in [0.717, 1.165) is 44.2 Å². The van der Waals surface area contributed by atoms with Crippen LogP contribution in [-0.2, 0) is 4.74 Å². The molecule has 2 N–H and O–H groups in total. The van der Waals surface area contributed by atoms with Crippen LogP contribution < -0.4 is 10.6 Å². The van der Waals surface area contributed by atoms with E-state index in [1.807, 2.05) is 0 Å². The molecule has 1 heterocycles. The van der Waals surface area contributed by atoms with Gasteiger partial charge < -0.3 is 20.3 Å². The Morgan fingerprint density at radius 3 is 2.88 bits per heavy atom. The lowest BCUT2D eigenvalue weighted by Gasteiger charge is -2.14. The minimum Gasteiger partial charge on any atom is -0.376 e. The number of rotatable bonds is 6. The second-order valence-electron chi connectivity index (χ2n) is 4.43. The van der Waals surface area contributed by atoms with E-state index in [1.54, 1.807) is 0 Å². The predicted molar refractivity (Wildman–Crippen MR) is 70.7 cm³/mol. The first-order chi connectivity index (χ1) is 7.68. The molecule has 5 heteroatoms. The average Bonchev–Trinajstić information content (AvgIpc) is 2.74. The van der Waals surface area contributed by atoms with E-state index in [0.29, 0.717) is 6.10 Å². The van der Waals surface area contributed by atoms with E-state index in [9.17, 15) is 0 Å². The summed E-state index contributed by atoms with van der Waals surface area (Å²) in [6.45, 7) is 3.74. The Morgan fingerprint density at radius 1 is 1.44 bits per heavy atom. The van der Waals surface area contributed by atoms with Gasteiger partial charge in [0.05, 0.1) is 6.10 Å². The third-order valence-electron chi connectivity index (χ3n) is 2.58. The van der Waals surface area contributed by atoms with Gasteiger partial charge in [0.25, 0.3) is 0 Å². The molecule has 94 valence electrons. The largest absolute Gasteiger partial charge is 0.376 e. The molecular weight excluding hydrogens is 222 g/mol. The molecule has 0 amide bonds. The monoisotopic (exact) mass is 245 g/mol. The van der Waals surface area contributed by atoms with Crippen molar-refractivity contribution in [1.82, 2.24) is 15.5 Å². The van der Waals surface area contributed by atoms with E-state index in [1.165, 1.54) is 6.42 Å². The zero-order chi connectivity index (χ0) is 11.8. The second-order valence-corrected chi connectivity index (χ2v) is 4.84. The first kappa shape index (κ1) is 13.7. The Labute approximate surface area is 104 Å². The molecule has 1 aliphatic heterocycles. The summed E-state index contributed by atoms with van der Waals surface area (Å²) < 4.78 is 5.50. The van der Waals surface area contributed by atoms with Crippen LogP contribution in [0.2, 0.25) is 0 Å². The van der Waals surface area contributed by atoms with Crippen molar-refractivity contribution in [3.05, 3.63) is 0 Å². The van der Waals surface area contributed by atoms with Crippen LogP contribution in [0.3, 0.4) is 0 Å². The van der Waals surface area contributed by atoms with Gasteiger partial charge in [0.15, 0.2) is 5.11 Å². The summed E-state index contributed by atoms with van der Waals surface area (Å²) in [4.78, 5) is 2.17. The maximum Gasteiger partial charge on any atom is 0.166 e. The molecule has 16 heavy (non-hydrogen) atoms. The highest BCUT2D eigenvalue weighted by Crippen LogP contribution is 2.10. The molecule has 0 bridgehead atoms. The maximum atomic E-state index is 5.50. The highest BCUT2D eigenvalue weighted by atomic mass is 32.1. The average molecular weight is 245 g/mol. The van der Waals surface area contributed by atoms with Gasteiger partial charge in [-0.3, -0.25) is 0 Å². The second kappa shape index (κ2) is 7.81. The molecule has 0 saturated carbocycles. The molecule has 1 aliphatic rings. The summed E-state index contributed by atoms with van der Waals surface area (Å²) in [6, 6.07) is 0. The van der Waals surface area contributed by atoms with Crippen LogP contribution in [0.4, 0.5) is 0 Å². The fraction of sp³-hybridized carbons (Fsp3) is 0.909. The number of ether oxygens (including phenoxy) is 1. The minimum absolute atomic E-state index is 0.349. The van der Waals surface area contributed by atoms with Crippen molar-refractivity contribution >= 4 is 17.3 Å². The molecule has 1 saturated heterocycles. The number of nitrogens with zero attached hydrogens (tertiary/aromatic N) is 1. The van der Waals surface area contributed by atoms with Crippen LogP contribution in [0.15, 0.2) is 0 Å². The van der Waals surface area contributed by atoms with E-state index < -0.39 is 0 Å². The molecule has 1 atom stereocenters. The summed E-state index contributed by atoms with van der Waals surface area (Å²) in [5.74, 6) is 0. The summed E-state index contributed by atoms with van der Waals surface area (Å²) in [5, 5.41) is 7.14. The van der Waals surface area contributed by atoms with Gasteiger partial charge in [0.1, 0.15) is 0 Å². The quantitative estimate of drug-likeness (QED) is 0.529. The van der Waals surface area contributed by atoms with Gasteiger partial charge in [-0.05, 0) is 52.1 Å². The molecule has 0 aromatic rings. The fourth-order valence-electron chi connectivity index (χ4n) is 1.67. The van der Waals surface area contributed by atoms with Gasteiger partial charge in [0.2, 0.25) is 0 Å². The molecule has 0 unspecified atom stereocenters. The Kier molecular flexibility index (Phi) is 6.68. The molecular formula is C11H23N3OS. The van der Waals surface area contributed by atoms with Gasteiger partial charge in [-0.2, -0.15) is 0 Å². The molecule has 4 nitrogen and oxygen atoms in total. The van der Waals surface area contributed by atoms with Crippen molar-refractivity contribution in [2.75, 3.05) is 40.3 Å². The van der Waals surface area contributed by atoms with E-state index in [4.69, 9.17) is 17.0 Å². The standard InChI is InChI=1S/C11H23N3OS/c1-14(2)7-4-6-12-11(16)13-9-10-5-3-8-15-10/h10H,3-9H2,1-2H3,(H2,12,13,16)/t10-/m0/s1. The lowest BCUT2D eigenvalue weighted by Crippen LogP contribution is -2.40. The van der Waals surface area contributed by atoms with Gasteiger partial charge in [0, 0.05) is 19.7 Å². The number of nitrogens with one attached hydrogen (secondary N) is 2. The Morgan fingerprint density at radius 2 is 2.25 bits per heavy atom. The third kappa shape index (κ3) is 6.25. The van der Waals surface area contributed by atoms with Gasteiger partial charge in [-0.15, -0.1) is 0 Å². The maximum absolute atomic E-state index is 5.50. The predicted octanol–water partition coefficient (Wildman–Crippen LogP) is 0.581. The Bertz CT molecular complexity index is 205. The smallest absolute Gasteiger partial charge is 0.166 e. The molecule has 0 aliphatic carbocycles. The number of hydrogen-bond acceptors (Lipinski definition) is 3. The van der Waals surface area contributed by atoms with Crippen molar-refractivity contribution in [3.8, 4) is 0 Å². The van der Waals surface area contributed by atoms with Gasteiger partial charge in [-0.1, -0.05) is 0 Å². The summed E-state index contributed by atoms with van der Waals surface area (Å²) in [5.41, 5.74) is 0. The van der Waals surface area contributed by atoms with Crippen molar-refractivity contribution in [3.63, 3.8) is 0 Å². The minimum atomic E-state index is 0.349. The van der Waals surface area contributed by atoms with Crippen molar-refractivity contribution < 1.29 is 4.74 Å². The molecule has 0 aromatic carbocycles. The van der Waals surface area contributed by atoms with Crippen molar-refractivity contribution in [2.45, 2.75) is 25.4 Å². The van der Waals surface area contributed by atoms with E-state index in [-0.39, 0.29) is 0 Å². The zero-order valence-corrected chi connectivity index (χ0v) is 11.1. The van der Waals surface area contributed by atoms with Crippen LogP contribution in [0.25, 0.3) is 0 Å². The van der Waals surface area contributed by atoms with Crippen LogP contribution >= 0.6 is 12.2 Å². The molecule has 0 spiro atoms. The molecule has 0 radical (unpaired) electrons. The SMILES string of the molecule is CN(C)CCCNC(=S)NC[C@@H]1CCCO1. The lowest BCUT2D eigenvalue weighted by atomic mass is 10.2. The summed E-state index contributed by atoms with van der Waals surface area (Å²) in [7, 11) is 4.15. The van der Waals surface area contributed by atoms with Gasteiger partial charge in [-0.25, -0.2) is 0 Å². The van der Waals surface area contributed by atoms with Crippen LogP contribution in [0, 0.1) is 0 Å². The summed E-state index contributed by atoms with van der Waals surface area (Å²) >= 11 is 5.18. The molecule has 1 fully saturated rings. The number of thiocarbonyl (C=S) groups is 1. The zero-order valence-electron chi connectivity index (χ0n) is 10.3. The fourth-order valence-corrected chi connectivity index (χ4v) is 1.86. The van der Waals surface area contributed by atoms with Crippen molar-refractivity contribution in [2.24, 2.45) is 0 Å². The van der Waals surface area contributed by atoms with Crippen LogP contribution in [-0.4, -0.2) is 56.5 Å². The highest BCUT2D eigenvalue weighted by Gasteiger charge is 2.14. The first-order valence-electron chi connectivity index (χ1n) is 5.96. The van der Waals surface area contributed by atoms with E-state index in [2.05, 4.69) is 29.6 Å². The lowest BCUT2D eigenvalue weighted by molar-refractivity contribution is 0.114. The van der Waals surface area contributed by atoms with Crippen LogP contribution in [0.1, 0.15) is 19.3 Å². The van der Waals surface area contributed by atoms with Crippen molar-refractivity contribution in [1.29, 1.82) is 0 Å². The van der Waals surface area contributed by atoms with Gasteiger partial charge >= 0.3 is 0 Å². The third-order valence-corrected chi connectivity index (χ3v) is 2.87. The first-order valence-corrected chi connectivity index (χ1v) is 6.37. The molecule has 0 aromatic heterocycles. The Balaban J connectivity index is 1.94. The summed E-state index contributed by atoms with van der Waals surface area (Å²) in [6.07, 6.45) is 3.78. The normalized spacial score (nSPS) is 20.1.